The Bertz CT molecular complexity index is 681. The Kier molecular flexibility index (Phi) is 11.0. The van der Waals surface area contributed by atoms with E-state index in [1.54, 1.807) is 13.8 Å². The van der Waals surface area contributed by atoms with Gasteiger partial charge in [0.15, 0.2) is 0 Å². The van der Waals surface area contributed by atoms with E-state index in [-0.39, 0.29) is 6.42 Å². The number of rotatable bonds is 13. The van der Waals surface area contributed by atoms with Crippen molar-refractivity contribution in [2.75, 3.05) is 0 Å². The van der Waals surface area contributed by atoms with Crippen LogP contribution in [-0.4, -0.2) is 69.9 Å². The number of carbonyl (C=O) groups is 6. The van der Waals surface area contributed by atoms with Crippen LogP contribution in [0.4, 0.5) is 0 Å². The minimum absolute atomic E-state index is 0.306. The van der Waals surface area contributed by atoms with E-state index in [4.69, 9.17) is 21.7 Å². The molecular weight excluding hydrogens is 402 g/mol. The molecule has 4 amide bonds. The number of carboxylic acid groups (broad SMARTS) is 2. The van der Waals surface area contributed by atoms with Crippen LogP contribution in [0.15, 0.2) is 0 Å². The van der Waals surface area contributed by atoms with E-state index in [9.17, 15) is 28.8 Å². The molecule has 0 rings (SSSR count). The Balaban J connectivity index is 5.34. The first-order chi connectivity index (χ1) is 13.8. The number of carboxylic acids is 2. The first-order valence-electron chi connectivity index (χ1n) is 9.15. The molecule has 0 aromatic heterocycles. The van der Waals surface area contributed by atoms with Gasteiger partial charge >= 0.3 is 11.9 Å². The number of amides is 4. The van der Waals surface area contributed by atoms with E-state index in [0.717, 1.165) is 0 Å². The Morgan fingerprint density at radius 3 is 1.87 bits per heavy atom. The summed E-state index contributed by atoms with van der Waals surface area (Å²) in [6.07, 6.45) is -1.21. The van der Waals surface area contributed by atoms with Crippen molar-refractivity contribution in [3.63, 3.8) is 0 Å². The molecule has 4 atom stereocenters. The van der Waals surface area contributed by atoms with Gasteiger partial charge in [0.2, 0.25) is 23.6 Å². The predicted molar refractivity (Wildman–Crippen MR) is 103 cm³/mol. The zero-order chi connectivity index (χ0) is 23.6. The molecule has 0 aromatic rings. The highest BCUT2D eigenvalue weighted by atomic mass is 16.4. The number of nitrogens with two attached hydrogens (primary N) is 2. The molecule has 0 aliphatic heterocycles. The second-order valence-electron chi connectivity index (χ2n) is 7.07. The Hall–Kier alpha value is -3.22. The second-order valence-corrected chi connectivity index (χ2v) is 7.07. The molecule has 170 valence electrons. The largest absolute Gasteiger partial charge is 0.481 e. The van der Waals surface area contributed by atoms with E-state index < -0.39 is 78.5 Å². The number of hydrogen-bond acceptors (Lipinski definition) is 7. The lowest BCUT2D eigenvalue weighted by molar-refractivity contribution is -0.142. The lowest BCUT2D eigenvalue weighted by atomic mass is 10.0. The van der Waals surface area contributed by atoms with Gasteiger partial charge in [-0.2, -0.15) is 0 Å². The zero-order valence-corrected chi connectivity index (χ0v) is 17.0. The summed E-state index contributed by atoms with van der Waals surface area (Å²) in [6, 6.07) is -5.06. The molecule has 0 fully saturated rings. The van der Waals surface area contributed by atoms with Crippen molar-refractivity contribution in [1.29, 1.82) is 0 Å². The molecule has 30 heavy (non-hydrogen) atoms. The highest BCUT2D eigenvalue weighted by Crippen LogP contribution is 2.06. The average molecular weight is 431 g/mol. The van der Waals surface area contributed by atoms with Crippen LogP contribution < -0.4 is 27.4 Å². The number of hydrogen-bond donors (Lipinski definition) is 7. The molecule has 13 nitrogen and oxygen atoms in total. The van der Waals surface area contributed by atoms with Gasteiger partial charge in [0, 0.05) is 6.42 Å². The number of primary amides is 1. The molecule has 0 radical (unpaired) electrons. The summed E-state index contributed by atoms with van der Waals surface area (Å²) >= 11 is 0. The normalized spacial score (nSPS) is 14.7. The van der Waals surface area contributed by atoms with Crippen molar-refractivity contribution in [3.05, 3.63) is 0 Å². The van der Waals surface area contributed by atoms with Crippen molar-refractivity contribution in [2.24, 2.45) is 17.4 Å². The highest BCUT2D eigenvalue weighted by Gasteiger charge is 2.31. The third-order valence-electron chi connectivity index (χ3n) is 4.01. The number of aliphatic carboxylic acids is 2. The quantitative estimate of drug-likeness (QED) is 0.160. The molecule has 0 aromatic carbocycles. The lowest BCUT2D eigenvalue weighted by Gasteiger charge is -2.26. The number of nitrogens with one attached hydrogen (secondary N) is 3. The Morgan fingerprint density at radius 2 is 1.43 bits per heavy atom. The van der Waals surface area contributed by atoms with E-state index >= 15 is 0 Å². The van der Waals surface area contributed by atoms with Crippen LogP contribution in [0.2, 0.25) is 0 Å². The molecule has 9 N–H and O–H groups in total. The van der Waals surface area contributed by atoms with Crippen LogP contribution in [0, 0.1) is 5.92 Å². The fourth-order valence-corrected chi connectivity index (χ4v) is 2.28. The molecular formula is C17H29N5O8. The monoisotopic (exact) mass is 431 g/mol. The molecule has 0 heterocycles. The van der Waals surface area contributed by atoms with E-state index in [2.05, 4.69) is 16.0 Å². The van der Waals surface area contributed by atoms with Gasteiger partial charge < -0.3 is 37.6 Å². The van der Waals surface area contributed by atoms with E-state index in [1.165, 1.54) is 6.92 Å². The van der Waals surface area contributed by atoms with Crippen LogP contribution in [0.25, 0.3) is 0 Å². The van der Waals surface area contributed by atoms with Crippen LogP contribution in [-0.2, 0) is 28.8 Å². The summed E-state index contributed by atoms with van der Waals surface area (Å²) < 4.78 is 0. The molecule has 0 saturated heterocycles. The van der Waals surface area contributed by atoms with Crippen LogP contribution in [0.3, 0.4) is 0 Å². The summed E-state index contributed by atoms with van der Waals surface area (Å²) in [5, 5.41) is 24.6. The minimum Gasteiger partial charge on any atom is -0.481 e. The van der Waals surface area contributed by atoms with Gasteiger partial charge in [-0.1, -0.05) is 13.8 Å². The molecule has 13 heteroatoms. The summed E-state index contributed by atoms with van der Waals surface area (Å²) in [7, 11) is 0. The molecule has 0 saturated carbocycles. The van der Waals surface area contributed by atoms with Crippen LogP contribution in [0.1, 0.15) is 40.0 Å². The van der Waals surface area contributed by atoms with E-state index in [1.807, 2.05) is 0 Å². The van der Waals surface area contributed by atoms with E-state index in [0.29, 0.717) is 0 Å². The smallest absolute Gasteiger partial charge is 0.325 e. The SMILES string of the molecule is CC(NC(=O)C(CCC(=O)O)NC(=O)C(NC(=O)C(N)CC(N)=O)C(C)C)C(=O)O. The van der Waals surface area contributed by atoms with Crippen molar-refractivity contribution >= 4 is 35.6 Å². The third kappa shape index (κ3) is 9.82. The van der Waals surface area contributed by atoms with Gasteiger partial charge in [0.25, 0.3) is 0 Å². The lowest BCUT2D eigenvalue weighted by Crippen LogP contribution is -2.58. The average Bonchev–Trinajstić information content (AvgIpc) is 2.61. The van der Waals surface area contributed by atoms with Gasteiger partial charge in [0.05, 0.1) is 12.5 Å². The second kappa shape index (κ2) is 12.4. The standard InChI is InChI=1S/C17H29N5O8/c1-7(2)13(22-14(26)9(18)6-11(19)23)16(28)21-10(4-5-12(24)25)15(27)20-8(3)17(29)30/h7-10,13H,4-6,18H2,1-3H3,(H2,19,23)(H,20,27)(H,21,28)(H,22,26)(H,24,25)(H,29,30). The number of carbonyl (C=O) groups excluding carboxylic acids is 4. The van der Waals surface area contributed by atoms with Gasteiger partial charge in [-0.15, -0.1) is 0 Å². The maximum absolute atomic E-state index is 12.6. The summed E-state index contributed by atoms with van der Waals surface area (Å²) in [5.41, 5.74) is 10.5. The minimum atomic E-state index is -1.35. The zero-order valence-electron chi connectivity index (χ0n) is 17.0. The first-order valence-corrected chi connectivity index (χ1v) is 9.15. The predicted octanol–water partition coefficient (Wildman–Crippen LogP) is -2.73. The Labute approximate surface area is 172 Å². The van der Waals surface area contributed by atoms with Gasteiger partial charge in [-0.25, -0.2) is 0 Å². The highest BCUT2D eigenvalue weighted by molar-refractivity contribution is 5.95. The fraction of sp³-hybridized carbons (Fsp3) is 0.647. The van der Waals surface area contributed by atoms with Gasteiger partial charge in [-0.05, 0) is 19.3 Å². The fourth-order valence-electron chi connectivity index (χ4n) is 2.28. The van der Waals surface area contributed by atoms with Crippen molar-refractivity contribution in [2.45, 2.75) is 64.2 Å². The maximum atomic E-state index is 12.6. The van der Waals surface area contributed by atoms with Crippen molar-refractivity contribution < 1.29 is 39.0 Å². The topological polar surface area (TPSA) is 231 Å². The molecule has 0 aliphatic rings. The first kappa shape index (κ1) is 26.8. The van der Waals surface area contributed by atoms with Crippen LogP contribution >= 0.6 is 0 Å². The van der Waals surface area contributed by atoms with Gasteiger partial charge in [-0.3, -0.25) is 28.8 Å². The van der Waals surface area contributed by atoms with Crippen LogP contribution in [0.5, 0.6) is 0 Å². The molecule has 0 aliphatic carbocycles. The molecule has 0 spiro atoms. The maximum Gasteiger partial charge on any atom is 0.325 e. The van der Waals surface area contributed by atoms with Gasteiger partial charge in [0.1, 0.15) is 18.1 Å². The molecule has 4 unspecified atom stereocenters. The molecule has 0 bridgehead atoms. The summed E-state index contributed by atoms with van der Waals surface area (Å²) in [4.78, 5) is 69.7. The summed E-state index contributed by atoms with van der Waals surface area (Å²) in [5.74, 6) is -6.32. The Morgan fingerprint density at radius 1 is 0.867 bits per heavy atom. The third-order valence-corrected chi connectivity index (χ3v) is 4.01. The van der Waals surface area contributed by atoms with Crippen molar-refractivity contribution in [3.8, 4) is 0 Å². The van der Waals surface area contributed by atoms with Crippen molar-refractivity contribution in [1.82, 2.24) is 16.0 Å². The summed E-state index contributed by atoms with van der Waals surface area (Å²) in [6.45, 7) is 4.40.